The van der Waals surface area contributed by atoms with Crippen molar-refractivity contribution < 1.29 is 9.90 Å². The third-order valence-electron chi connectivity index (χ3n) is 2.17. The third kappa shape index (κ3) is 6.46. The molecule has 2 nitrogen and oxygen atoms in total. The van der Waals surface area contributed by atoms with Crippen molar-refractivity contribution >= 4 is 5.97 Å². The van der Waals surface area contributed by atoms with Crippen molar-refractivity contribution in [1.82, 2.24) is 0 Å². The predicted octanol–water partition coefficient (Wildman–Crippen LogP) is 3.54. The van der Waals surface area contributed by atoms with E-state index in [4.69, 9.17) is 5.11 Å². The van der Waals surface area contributed by atoms with Gasteiger partial charge >= 0.3 is 5.97 Å². The number of carbonyl (C=O) groups is 1. The van der Waals surface area contributed by atoms with Gasteiger partial charge in [0.15, 0.2) is 0 Å². The summed E-state index contributed by atoms with van der Waals surface area (Å²) in [6.07, 6.45) is 7.15. The lowest BCUT2D eigenvalue weighted by Crippen LogP contribution is -1.97. The molecule has 1 N–H and O–H groups in total. The lowest BCUT2D eigenvalue weighted by Gasteiger charge is -2.00. The number of carboxylic acid groups (broad SMARTS) is 1. The van der Waals surface area contributed by atoms with Crippen molar-refractivity contribution in [2.24, 2.45) is 0 Å². The Labute approximate surface area is 86.3 Å². The summed E-state index contributed by atoms with van der Waals surface area (Å²) in [4.78, 5) is 10.4. The maximum atomic E-state index is 10.4. The molecule has 0 aliphatic carbocycles. The quantitative estimate of drug-likeness (QED) is 0.384. The molecule has 0 rings (SSSR count). The Hall–Kier alpha value is -1.05. The van der Waals surface area contributed by atoms with Crippen LogP contribution in [0.1, 0.15) is 46.0 Å². The zero-order valence-electron chi connectivity index (χ0n) is 9.18. The molecule has 0 bridgehead atoms. The van der Waals surface area contributed by atoms with Crippen molar-refractivity contribution in [2.45, 2.75) is 46.0 Å². The van der Waals surface area contributed by atoms with Crippen LogP contribution >= 0.6 is 0 Å². The summed E-state index contributed by atoms with van der Waals surface area (Å²) in [7, 11) is 0. The van der Waals surface area contributed by atoms with Gasteiger partial charge in [-0.05, 0) is 26.2 Å². The summed E-state index contributed by atoms with van der Waals surface area (Å²) in [6.45, 7) is 7.70. The van der Waals surface area contributed by atoms with E-state index < -0.39 is 5.97 Å². The van der Waals surface area contributed by atoms with Crippen LogP contribution in [0.5, 0.6) is 0 Å². The van der Waals surface area contributed by atoms with Crippen LogP contribution in [0, 0.1) is 0 Å². The molecular formula is C12H20O2. The predicted molar refractivity (Wildman–Crippen MR) is 59.3 cm³/mol. The van der Waals surface area contributed by atoms with E-state index >= 15 is 0 Å². The third-order valence-corrected chi connectivity index (χ3v) is 2.17. The zero-order valence-corrected chi connectivity index (χ0v) is 9.18. The van der Waals surface area contributed by atoms with Crippen LogP contribution < -0.4 is 0 Å². The first-order valence-electron chi connectivity index (χ1n) is 5.14. The minimum absolute atomic E-state index is 0.264. The van der Waals surface area contributed by atoms with Gasteiger partial charge in [-0.3, -0.25) is 0 Å². The summed E-state index contributed by atoms with van der Waals surface area (Å²) in [6, 6.07) is 0. The topological polar surface area (TPSA) is 37.3 Å². The molecule has 0 spiro atoms. The van der Waals surface area contributed by atoms with E-state index in [1.54, 1.807) is 0 Å². The summed E-state index contributed by atoms with van der Waals surface area (Å²) in [5.74, 6) is -0.900. The molecule has 0 aliphatic rings. The number of hydrogen-bond acceptors (Lipinski definition) is 1. The summed E-state index contributed by atoms with van der Waals surface area (Å²) in [5.41, 5.74) is 1.53. The Morgan fingerprint density at radius 1 is 1.43 bits per heavy atom. The standard InChI is InChI=1S/C12H20O2/c1-4-5-6-7-10(2)8-9-11(3)12(13)14/h8H,3-7,9H2,1-2H3,(H,13,14). The highest BCUT2D eigenvalue weighted by Crippen LogP contribution is 2.10. The fourth-order valence-corrected chi connectivity index (χ4v) is 1.14. The first-order chi connectivity index (χ1) is 6.57. The van der Waals surface area contributed by atoms with Crippen molar-refractivity contribution in [3.63, 3.8) is 0 Å². The van der Waals surface area contributed by atoms with E-state index in [-0.39, 0.29) is 5.57 Å². The number of carboxylic acids is 1. The highest BCUT2D eigenvalue weighted by atomic mass is 16.4. The van der Waals surface area contributed by atoms with Crippen molar-refractivity contribution in [1.29, 1.82) is 0 Å². The highest BCUT2D eigenvalue weighted by molar-refractivity contribution is 5.86. The molecule has 0 heterocycles. The maximum absolute atomic E-state index is 10.4. The second-order valence-electron chi connectivity index (χ2n) is 3.62. The van der Waals surface area contributed by atoms with Gasteiger partial charge in [0.1, 0.15) is 0 Å². The Morgan fingerprint density at radius 2 is 2.07 bits per heavy atom. The molecule has 0 aliphatic heterocycles. The molecule has 80 valence electrons. The fourth-order valence-electron chi connectivity index (χ4n) is 1.14. The molecule has 0 aromatic heterocycles. The average molecular weight is 196 g/mol. The molecule has 0 amide bonds. The molecule has 0 unspecified atom stereocenters. The molecule has 2 heteroatoms. The van der Waals surface area contributed by atoms with Crippen LogP contribution in [0.3, 0.4) is 0 Å². The molecule has 0 aromatic carbocycles. The summed E-state index contributed by atoms with van der Waals surface area (Å²) < 4.78 is 0. The first kappa shape index (κ1) is 12.9. The SMILES string of the molecule is C=C(CC=C(C)CCCCC)C(=O)O. The summed E-state index contributed by atoms with van der Waals surface area (Å²) in [5, 5.41) is 8.58. The van der Waals surface area contributed by atoms with E-state index in [2.05, 4.69) is 13.5 Å². The van der Waals surface area contributed by atoms with E-state index in [0.29, 0.717) is 6.42 Å². The Kier molecular flexibility index (Phi) is 6.81. The first-order valence-corrected chi connectivity index (χ1v) is 5.14. The molecule has 0 radical (unpaired) electrons. The number of aliphatic carboxylic acids is 1. The lowest BCUT2D eigenvalue weighted by molar-refractivity contribution is -0.132. The second-order valence-corrected chi connectivity index (χ2v) is 3.62. The van der Waals surface area contributed by atoms with Crippen molar-refractivity contribution in [2.75, 3.05) is 0 Å². The van der Waals surface area contributed by atoms with Gasteiger partial charge in [-0.25, -0.2) is 4.79 Å². The Balaban J connectivity index is 3.76. The Morgan fingerprint density at radius 3 is 2.57 bits per heavy atom. The molecule has 0 atom stereocenters. The van der Waals surface area contributed by atoms with E-state index in [1.807, 2.05) is 13.0 Å². The van der Waals surface area contributed by atoms with E-state index in [0.717, 1.165) is 6.42 Å². The number of allylic oxidation sites excluding steroid dienone is 2. The van der Waals surface area contributed by atoms with E-state index in [9.17, 15) is 4.79 Å². The monoisotopic (exact) mass is 196 g/mol. The largest absolute Gasteiger partial charge is 0.478 e. The molecule has 0 saturated carbocycles. The van der Waals surface area contributed by atoms with Crippen LogP contribution in [0.4, 0.5) is 0 Å². The van der Waals surface area contributed by atoms with Crippen LogP contribution in [-0.2, 0) is 4.79 Å². The smallest absolute Gasteiger partial charge is 0.331 e. The van der Waals surface area contributed by atoms with Gasteiger partial charge in [0.05, 0.1) is 0 Å². The minimum atomic E-state index is -0.900. The molecule has 0 aromatic rings. The van der Waals surface area contributed by atoms with Crippen molar-refractivity contribution in [3.05, 3.63) is 23.8 Å². The van der Waals surface area contributed by atoms with Crippen LogP contribution in [0.25, 0.3) is 0 Å². The van der Waals surface area contributed by atoms with Crippen LogP contribution in [0.15, 0.2) is 23.8 Å². The normalized spacial score (nSPS) is 11.4. The summed E-state index contributed by atoms with van der Waals surface area (Å²) >= 11 is 0. The maximum Gasteiger partial charge on any atom is 0.331 e. The zero-order chi connectivity index (χ0) is 11.0. The molecule has 0 fully saturated rings. The van der Waals surface area contributed by atoms with Gasteiger partial charge < -0.3 is 5.11 Å². The second kappa shape index (κ2) is 7.36. The Bertz CT molecular complexity index is 226. The number of hydrogen-bond donors (Lipinski definition) is 1. The molecular weight excluding hydrogens is 176 g/mol. The molecule has 0 saturated heterocycles. The number of unbranched alkanes of at least 4 members (excludes halogenated alkanes) is 2. The van der Waals surface area contributed by atoms with Crippen LogP contribution in [-0.4, -0.2) is 11.1 Å². The van der Waals surface area contributed by atoms with Crippen LogP contribution in [0.2, 0.25) is 0 Å². The molecule has 14 heavy (non-hydrogen) atoms. The van der Waals surface area contributed by atoms with Gasteiger partial charge in [-0.2, -0.15) is 0 Å². The van der Waals surface area contributed by atoms with Gasteiger partial charge in [-0.1, -0.05) is 38.0 Å². The lowest BCUT2D eigenvalue weighted by atomic mass is 10.1. The fraction of sp³-hybridized carbons (Fsp3) is 0.583. The highest BCUT2D eigenvalue weighted by Gasteiger charge is 2.00. The number of rotatable bonds is 7. The average Bonchev–Trinajstić information content (AvgIpc) is 2.14. The van der Waals surface area contributed by atoms with Crippen molar-refractivity contribution in [3.8, 4) is 0 Å². The minimum Gasteiger partial charge on any atom is -0.478 e. The van der Waals surface area contributed by atoms with E-state index in [1.165, 1.54) is 24.8 Å². The van der Waals surface area contributed by atoms with Gasteiger partial charge in [0, 0.05) is 5.57 Å². The van der Waals surface area contributed by atoms with Gasteiger partial charge in [-0.15, -0.1) is 0 Å². The van der Waals surface area contributed by atoms with Gasteiger partial charge in [0.25, 0.3) is 0 Å². The van der Waals surface area contributed by atoms with Gasteiger partial charge in [0.2, 0.25) is 0 Å².